The van der Waals surface area contributed by atoms with Crippen LogP contribution in [0.15, 0.2) is 78.9 Å². The number of fused-ring (bicyclic) bond motifs is 1. The fourth-order valence-corrected chi connectivity index (χ4v) is 3.56. The van der Waals surface area contributed by atoms with Gasteiger partial charge in [-0.15, -0.1) is 0 Å². The Kier molecular flexibility index (Phi) is 5.34. The van der Waals surface area contributed by atoms with Gasteiger partial charge in [-0.05, 0) is 35.4 Å². The molecule has 0 amide bonds. The molecule has 1 aliphatic rings. The van der Waals surface area contributed by atoms with Crippen molar-refractivity contribution in [2.45, 2.75) is 18.1 Å². The van der Waals surface area contributed by atoms with E-state index in [2.05, 4.69) is 0 Å². The number of benzene rings is 3. The second-order valence-corrected chi connectivity index (χ2v) is 7.14. The summed E-state index contributed by atoms with van der Waals surface area (Å²) >= 11 is 0. The number of aromatic hydroxyl groups is 1. The Morgan fingerprint density at radius 1 is 0.966 bits per heavy atom. The van der Waals surface area contributed by atoms with E-state index in [4.69, 9.17) is 9.47 Å². The van der Waals surface area contributed by atoms with Crippen LogP contribution in [0, 0.1) is 0 Å². The summed E-state index contributed by atoms with van der Waals surface area (Å²) in [5, 5.41) is 20.2. The summed E-state index contributed by atoms with van der Waals surface area (Å²) in [7, 11) is 0. The van der Waals surface area contributed by atoms with Gasteiger partial charge in [-0.1, -0.05) is 54.6 Å². The maximum atomic E-state index is 13.4. The minimum atomic E-state index is -1.39. The fourth-order valence-electron chi connectivity index (χ4n) is 3.56. The molecule has 3 aromatic carbocycles. The standard InChI is InChI=1S/C24H22O5/c25-19-12-10-18(11-13-19)24(16-28-22-9-5-4-8-21(22)23(24)27)29-15-20(26)14-17-6-2-1-3-7-17/h1-13,20,25-26H,14-16H2/t20-,24?/m0/s1. The van der Waals surface area contributed by atoms with E-state index < -0.39 is 11.7 Å². The first-order valence-electron chi connectivity index (χ1n) is 9.50. The number of aliphatic hydroxyl groups is 1. The minimum Gasteiger partial charge on any atom is -0.508 e. The van der Waals surface area contributed by atoms with Gasteiger partial charge in [0.1, 0.15) is 18.1 Å². The van der Waals surface area contributed by atoms with Crippen LogP contribution >= 0.6 is 0 Å². The zero-order valence-corrected chi connectivity index (χ0v) is 15.8. The lowest BCUT2D eigenvalue weighted by molar-refractivity contribution is -0.0858. The second-order valence-electron chi connectivity index (χ2n) is 7.14. The fraction of sp³-hybridized carbons (Fsp3) is 0.208. The topological polar surface area (TPSA) is 76.0 Å². The van der Waals surface area contributed by atoms with Crippen LogP contribution in [-0.2, 0) is 16.8 Å². The third-order valence-electron chi connectivity index (χ3n) is 5.10. The zero-order chi connectivity index (χ0) is 20.3. The van der Waals surface area contributed by atoms with Crippen LogP contribution in [0.4, 0.5) is 0 Å². The van der Waals surface area contributed by atoms with Crippen LogP contribution in [0.25, 0.3) is 0 Å². The maximum absolute atomic E-state index is 13.4. The van der Waals surface area contributed by atoms with Crippen LogP contribution in [0.1, 0.15) is 21.5 Å². The highest BCUT2D eigenvalue weighted by Gasteiger charge is 2.47. The molecule has 0 radical (unpaired) electrons. The minimum absolute atomic E-state index is 0.00826. The van der Waals surface area contributed by atoms with Crippen molar-refractivity contribution in [1.82, 2.24) is 0 Å². The molecule has 0 saturated heterocycles. The van der Waals surface area contributed by atoms with E-state index in [0.29, 0.717) is 23.3 Å². The van der Waals surface area contributed by atoms with Crippen molar-refractivity contribution in [3.05, 3.63) is 95.6 Å². The van der Waals surface area contributed by atoms with Gasteiger partial charge in [0.2, 0.25) is 5.78 Å². The first kappa shape index (κ1) is 19.2. The number of carbonyl (C=O) groups excluding carboxylic acids is 1. The zero-order valence-electron chi connectivity index (χ0n) is 15.8. The van der Waals surface area contributed by atoms with Crippen molar-refractivity contribution >= 4 is 5.78 Å². The average molecular weight is 390 g/mol. The quantitative estimate of drug-likeness (QED) is 0.674. The van der Waals surface area contributed by atoms with Gasteiger partial charge in [0, 0.05) is 6.42 Å². The van der Waals surface area contributed by atoms with E-state index in [0.717, 1.165) is 5.56 Å². The predicted octanol–water partition coefficient (Wildman–Crippen LogP) is 3.48. The number of para-hydroxylation sites is 1. The van der Waals surface area contributed by atoms with E-state index in [1.807, 2.05) is 36.4 Å². The number of rotatable bonds is 6. The molecule has 0 fully saturated rings. The van der Waals surface area contributed by atoms with Gasteiger partial charge in [-0.2, -0.15) is 0 Å². The first-order valence-corrected chi connectivity index (χ1v) is 9.50. The highest BCUT2D eigenvalue weighted by Crippen LogP contribution is 2.38. The summed E-state index contributed by atoms with van der Waals surface area (Å²) in [6, 6.07) is 23.0. The van der Waals surface area contributed by atoms with Gasteiger partial charge in [0.15, 0.2) is 5.60 Å². The molecule has 0 spiro atoms. The molecule has 0 aliphatic carbocycles. The summed E-state index contributed by atoms with van der Waals surface area (Å²) < 4.78 is 11.9. The number of hydrogen-bond donors (Lipinski definition) is 2. The molecule has 148 valence electrons. The van der Waals surface area contributed by atoms with E-state index in [-0.39, 0.29) is 24.7 Å². The monoisotopic (exact) mass is 390 g/mol. The average Bonchev–Trinajstić information content (AvgIpc) is 2.75. The van der Waals surface area contributed by atoms with E-state index in [1.165, 1.54) is 12.1 Å². The molecule has 1 heterocycles. The highest BCUT2D eigenvalue weighted by atomic mass is 16.6. The summed E-state index contributed by atoms with van der Waals surface area (Å²) in [5.41, 5.74) is 0.602. The number of Topliss-reactive ketones (excluding diaryl/α,β-unsaturated/α-hetero) is 1. The molecule has 5 nitrogen and oxygen atoms in total. The van der Waals surface area contributed by atoms with Crippen molar-refractivity contribution in [2.75, 3.05) is 13.2 Å². The molecule has 5 heteroatoms. The van der Waals surface area contributed by atoms with Gasteiger partial charge in [0.05, 0.1) is 18.3 Å². The van der Waals surface area contributed by atoms with Crippen LogP contribution in [0.5, 0.6) is 11.5 Å². The lowest BCUT2D eigenvalue weighted by atomic mass is 9.84. The van der Waals surface area contributed by atoms with Gasteiger partial charge < -0.3 is 19.7 Å². The summed E-state index contributed by atoms with van der Waals surface area (Å²) in [6.07, 6.45) is -0.366. The smallest absolute Gasteiger partial charge is 0.206 e. The molecule has 0 aromatic heterocycles. The normalized spacial score (nSPS) is 19.3. The van der Waals surface area contributed by atoms with Gasteiger partial charge >= 0.3 is 0 Å². The Labute approximate surface area is 169 Å². The van der Waals surface area contributed by atoms with Crippen molar-refractivity contribution < 1.29 is 24.5 Å². The lowest BCUT2D eigenvalue weighted by Gasteiger charge is -2.37. The SMILES string of the molecule is O=C1c2ccccc2OCC1(OC[C@@H](O)Cc1ccccc1)c1ccc(O)cc1. The van der Waals surface area contributed by atoms with E-state index in [9.17, 15) is 15.0 Å². The Hall–Kier alpha value is -3.15. The van der Waals surface area contributed by atoms with Crippen molar-refractivity contribution in [1.29, 1.82) is 0 Å². The van der Waals surface area contributed by atoms with Gasteiger partial charge in [-0.3, -0.25) is 4.79 Å². The molecule has 4 rings (SSSR count). The van der Waals surface area contributed by atoms with Crippen molar-refractivity contribution in [2.24, 2.45) is 0 Å². The summed E-state index contributed by atoms with van der Waals surface area (Å²) in [5.74, 6) is 0.384. The molecule has 0 saturated carbocycles. The Morgan fingerprint density at radius 2 is 1.66 bits per heavy atom. The second kappa shape index (κ2) is 8.07. The van der Waals surface area contributed by atoms with E-state index in [1.54, 1.807) is 30.3 Å². The molecule has 3 aromatic rings. The van der Waals surface area contributed by atoms with Crippen molar-refractivity contribution in [3.63, 3.8) is 0 Å². The lowest BCUT2D eigenvalue weighted by Crippen LogP contribution is -2.48. The van der Waals surface area contributed by atoms with Gasteiger partial charge in [0.25, 0.3) is 0 Å². The molecule has 2 atom stereocenters. The molecule has 1 unspecified atom stereocenters. The number of phenolic OH excluding ortho intramolecular Hbond substituents is 1. The molecule has 0 bridgehead atoms. The highest BCUT2D eigenvalue weighted by molar-refractivity contribution is 6.06. The largest absolute Gasteiger partial charge is 0.508 e. The van der Waals surface area contributed by atoms with Crippen LogP contribution in [0.2, 0.25) is 0 Å². The van der Waals surface area contributed by atoms with Crippen LogP contribution < -0.4 is 4.74 Å². The molecule has 1 aliphatic heterocycles. The van der Waals surface area contributed by atoms with Crippen LogP contribution in [0.3, 0.4) is 0 Å². The van der Waals surface area contributed by atoms with E-state index >= 15 is 0 Å². The maximum Gasteiger partial charge on any atom is 0.206 e. The summed E-state index contributed by atoms with van der Waals surface area (Å²) in [6.45, 7) is -0.0429. The Balaban J connectivity index is 1.61. The number of phenols is 1. The predicted molar refractivity (Wildman–Crippen MR) is 108 cm³/mol. The molecule has 2 N–H and O–H groups in total. The third-order valence-corrected chi connectivity index (χ3v) is 5.10. The number of aliphatic hydroxyl groups excluding tert-OH is 1. The third kappa shape index (κ3) is 3.88. The number of hydrogen-bond acceptors (Lipinski definition) is 5. The Morgan fingerprint density at radius 3 is 2.41 bits per heavy atom. The molecule has 29 heavy (non-hydrogen) atoms. The Bertz CT molecular complexity index is 984. The first-order chi connectivity index (χ1) is 14.1. The summed E-state index contributed by atoms with van der Waals surface area (Å²) in [4.78, 5) is 13.4. The number of carbonyl (C=O) groups is 1. The van der Waals surface area contributed by atoms with Gasteiger partial charge in [-0.25, -0.2) is 0 Å². The van der Waals surface area contributed by atoms with Crippen LogP contribution in [-0.4, -0.2) is 35.3 Å². The molecular formula is C24H22O5. The van der Waals surface area contributed by atoms with Crippen molar-refractivity contribution in [3.8, 4) is 11.5 Å². The molecular weight excluding hydrogens is 368 g/mol. The number of ether oxygens (including phenoxy) is 2. The number of ketones is 1.